The first-order valence-corrected chi connectivity index (χ1v) is 4.19. The summed E-state index contributed by atoms with van der Waals surface area (Å²) in [5.74, 6) is -0.880. The summed E-state index contributed by atoms with van der Waals surface area (Å²) in [6.45, 7) is 1.39. The Morgan fingerprint density at radius 3 is 2.36 bits per heavy atom. The third-order valence-corrected chi connectivity index (χ3v) is 2.11. The highest BCUT2D eigenvalue weighted by Gasteiger charge is 2.30. The van der Waals surface area contributed by atoms with Crippen LogP contribution in [-0.2, 0) is 6.42 Å². The number of hydrogen-bond donors (Lipinski definition) is 0. The Labute approximate surface area is 83.5 Å². The SMILES string of the molecule is Cc1ccc(Cl)c(CC(F)(F)F)c1F. The van der Waals surface area contributed by atoms with Gasteiger partial charge in [0.25, 0.3) is 0 Å². The van der Waals surface area contributed by atoms with Crippen molar-refractivity contribution in [3.8, 4) is 0 Å². The molecular weight excluding hydrogens is 220 g/mol. The van der Waals surface area contributed by atoms with Crippen LogP contribution in [0.3, 0.4) is 0 Å². The van der Waals surface area contributed by atoms with Gasteiger partial charge in [0.2, 0.25) is 0 Å². The average molecular weight is 227 g/mol. The van der Waals surface area contributed by atoms with Gasteiger partial charge in [-0.15, -0.1) is 0 Å². The van der Waals surface area contributed by atoms with Crippen LogP contribution < -0.4 is 0 Å². The van der Waals surface area contributed by atoms with Crippen LogP contribution in [-0.4, -0.2) is 6.18 Å². The van der Waals surface area contributed by atoms with Gasteiger partial charge in [-0.3, -0.25) is 0 Å². The molecule has 5 heteroatoms. The Morgan fingerprint density at radius 2 is 1.86 bits per heavy atom. The molecule has 0 atom stereocenters. The van der Waals surface area contributed by atoms with Gasteiger partial charge in [-0.2, -0.15) is 13.2 Å². The minimum absolute atomic E-state index is 0.161. The van der Waals surface area contributed by atoms with E-state index >= 15 is 0 Å². The Morgan fingerprint density at radius 1 is 1.29 bits per heavy atom. The molecule has 0 aliphatic heterocycles. The third-order valence-electron chi connectivity index (χ3n) is 1.76. The predicted molar refractivity (Wildman–Crippen MR) is 45.9 cm³/mol. The summed E-state index contributed by atoms with van der Waals surface area (Å²) in [6.07, 6.45) is -5.78. The van der Waals surface area contributed by atoms with Crippen LogP contribution in [0, 0.1) is 12.7 Å². The monoisotopic (exact) mass is 226 g/mol. The second-order valence-electron chi connectivity index (χ2n) is 2.95. The van der Waals surface area contributed by atoms with Crippen LogP contribution in [0.4, 0.5) is 17.6 Å². The third kappa shape index (κ3) is 2.61. The van der Waals surface area contributed by atoms with Crippen molar-refractivity contribution in [1.29, 1.82) is 0 Å². The molecule has 78 valence electrons. The van der Waals surface area contributed by atoms with Gasteiger partial charge in [-0.25, -0.2) is 4.39 Å². The fourth-order valence-electron chi connectivity index (χ4n) is 1.08. The van der Waals surface area contributed by atoms with Gasteiger partial charge in [0.05, 0.1) is 6.42 Å². The van der Waals surface area contributed by atoms with E-state index in [4.69, 9.17) is 11.6 Å². The van der Waals surface area contributed by atoms with Crippen LogP contribution in [0.25, 0.3) is 0 Å². The maximum atomic E-state index is 13.2. The first-order valence-electron chi connectivity index (χ1n) is 3.81. The number of rotatable bonds is 1. The second kappa shape index (κ2) is 3.77. The summed E-state index contributed by atoms with van der Waals surface area (Å²) in [6, 6.07) is 2.61. The molecule has 0 fully saturated rings. The van der Waals surface area contributed by atoms with E-state index < -0.39 is 24.0 Å². The standard InChI is InChI=1S/C9H7ClF4/c1-5-2-3-7(10)6(8(5)11)4-9(12,13)14/h2-3H,4H2,1H3. The Balaban J connectivity index is 3.13. The predicted octanol–water partition coefficient (Wildman–Crippen LogP) is 3.89. The molecule has 0 saturated heterocycles. The first-order chi connectivity index (χ1) is 6.31. The highest BCUT2D eigenvalue weighted by molar-refractivity contribution is 6.31. The molecule has 0 saturated carbocycles. The largest absolute Gasteiger partial charge is 0.393 e. The van der Waals surface area contributed by atoms with E-state index in [1.807, 2.05) is 0 Å². The van der Waals surface area contributed by atoms with Gasteiger partial charge in [-0.1, -0.05) is 17.7 Å². The summed E-state index contributed by atoms with van der Waals surface area (Å²) < 4.78 is 49.2. The summed E-state index contributed by atoms with van der Waals surface area (Å²) in [5, 5.41) is -0.189. The zero-order valence-corrected chi connectivity index (χ0v) is 8.01. The quantitative estimate of drug-likeness (QED) is 0.638. The molecule has 1 aromatic carbocycles. The molecule has 0 heterocycles. The lowest BCUT2D eigenvalue weighted by Crippen LogP contribution is -2.13. The molecule has 0 unspecified atom stereocenters. The molecule has 0 N–H and O–H groups in total. The fraction of sp³-hybridized carbons (Fsp3) is 0.333. The van der Waals surface area contributed by atoms with Crippen LogP contribution >= 0.6 is 11.6 Å². The van der Waals surface area contributed by atoms with Crippen molar-refractivity contribution in [2.75, 3.05) is 0 Å². The van der Waals surface area contributed by atoms with Gasteiger partial charge >= 0.3 is 6.18 Å². The van der Waals surface area contributed by atoms with Gasteiger partial charge in [-0.05, 0) is 18.6 Å². The molecule has 0 aromatic heterocycles. The molecular formula is C9H7ClF4. The van der Waals surface area contributed by atoms with Crippen molar-refractivity contribution in [3.05, 3.63) is 34.1 Å². The summed E-state index contributed by atoms with van der Waals surface area (Å²) >= 11 is 5.47. The normalized spacial score (nSPS) is 11.9. The molecule has 0 aliphatic rings. The lowest BCUT2D eigenvalue weighted by molar-refractivity contribution is -0.127. The lowest BCUT2D eigenvalue weighted by Gasteiger charge is -2.10. The molecule has 0 spiro atoms. The number of halogens is 5. The summed E-state index contributed by atoms with van der Waals surface area (Å²) in [4.78, 5) is 0. The van der Waals surface area contributed by atoms with E-state index in [0.717, 1.165) is 0 Å². The maximum Gasteiger partial charge on any atom is 0.393 e. The van der Waals surface area contributed by atoms with Gasteiger partial charge in [0, 0.05) is 10.6 Å². The van der Waals surface area contributed by atoms with Crippen LogP contribution in [0.1, 0.15) is 11.1 Å². The number of hydrogen-bond acceptors (Lipinski definition) is 0. The molecule has 14 heavy (non-hydrogen) atoms. The van der Waals surface area contributed by atoms with Crippen molar-refractivity contribution in [3.63, 3.8) is 0 Å². The highest BCUT2D eigenvalue weighted by Crippen LogP contribution is 2.29. The highest BCUT2D eigenvalue weighted by atomic mass is 35.5. The minimum Gasteiger partial charge on any atom is -0.206 e. The maximum absolute atomic E-state index is 13.2. The van der Waals surface area contributed by atoms with Gasteiger partial charge in [0.15, 0.2) is 0 Å². The van der Waals surface area contributed by atoms with E-state index in [-0.39, 0.29) is 10.6 Å². The molecule has 1 rings (SSSR count). The Hall–Kier alpha value is -0.770. The van der Waals surface area contributed by atoms with E-state index in [1.165, 1.54) is 19.1 Å². The summed E-state index contributed by atoms with van der Waals surface area (Å²) in [7, 11) is 0. The zero-order chi connectivity index (χ0) is 10.9. The van der Waals surface area contributed by atoms with Gasteiger partial charge in [0.1, 0.15) is 5.82 Å². The van der Waals surface area contributed by atoms with Crippen LogP contribution in [0.15, 0.2) is 12.1 Å². The number of aryl methyl sites for hydroxylation is 1. The van der Waals surface area contributed by atoms with Crippen molar-refractivity contribution < 1.29 is 17.6 Å². The minimum atomic E-state index is -4.45. The Kier molecular flexibility index (Phi) is 3.04. The van der Waals surface area contributed by atoms with Gasteiger partial charge < -0.3 is 0 Å². The second-order valence-corrected chi connectivity index (χ2v) is 3.36. The number of alkyl halides is 3. The van der Waals surface area contributed by atoms with Crippen LogP contribution in [0.5, 0.6) is 0 Å². The fourth-order valence-corrected chi connectivity index (χ4v) is 1.29. The van der Waals surface area contributed by atoms with Crippen LogP contribution in [0.2, 0.25) is 5.02 Å². The van der Waals surface area contributed by atoms with Crippen molar-refractivity contribution in [2.24, 2.45) is 0 Å². The molecule has 0 amide bonds. The topological polar surface area (TPSA) is 0 Å². The summed E-state index contributed by atoms with van der Waals surface area (Å²) in [5.41, 5.74) is -0.326. The molecule has 0 aliphatic carbocycles. The van der Waals surface area contributed by atoms with E-state index in [2.05, 4.69) is 0 Å². The Bertz CT molecular complexity index is 343. The zero-order valence-electron chi connectivity index (χ0n) is 7.25. The van der Waals surface area contributed by atoms with Crippen molar-refractivity contribution in [2.45, 2.75) is 19.5 Å². The smallest absolute Gasteiger partial charge is 0.206 e. The molecule has 0 radical (unpaired) electrons. The molecule has 0 bridgehead atoms. The van der Waals surface area contributed by atoms with Crippen molar-refractivity contribution >= 4 is 11.6 Å². The van der Waals surface area contributed by atoms with E-state index in [9.17, 15) is 17.6 Å². The lowest BCUT2D eigenvalue weighted by atomic mass is 10.1. The number of benzene rings is 1. The van der Waals surface area contributed by atoms with E-state index in [0.29, 0.717) is 0 Å². The average Bonchev–Trinajstić information content (AvgIpc) is 2.04. The molecule has 1 aromatic rings. The van der Waals surface area contributed by atoms with E-state index in [1.54, 1.807) is 0 Å². The molecule has 0 nitrogen and oxygen atoms in total. The van der Waals surface area contributed by atoms with Crippen molar-refractivity contribution in [1.82, 2.24) is 0 Å². The first kappa shape index (κ1) is 11.3.